The van der Waals surface area contributed by atoms with E-state index in [1.165, 1.54) is 0 Å². The predicted molar refractivity (Wildman–Crippen MR) is 112 cm³/mol. The first kappa shape index (κ1) is 20.3. The van der Waals surface area contributed by atoms with Crippen molar-refractivity contribution in [1.29, 1.82) is 0 Å². The van der Waals surface area contributed by atoms with Crippen molar-refractivity contribution in [3.8, 4) is 0 Å². The summed E-state index contributed by atoms with van der Waals surface area (Å²) in [5, 5.41) is 11.1. The first-order valence-electron chi connectivity index (χ1n) is 9.30. The van der Waals surface area contributed by atoms with Crippen molar-refractivity contribution in [3.05, 3.63) is 46.0 Å². The van der Waals surface area contributed by atoms with Crippen LogP contribution in [0.25, 0.3) is 0 Å². The molecular weight excluding hydrogens is 422 g/mol. The van der Waals surface area contributed by atoms with E-state index >= 15 is 0 Å². The highest BCUT2D eigenvalue weighted by atomic mass is 79.9. The van der Waals surface area contributed by atoms with E-state index in [0.29, 0.717) is 12.5 Å². The number of halogens is 1. The fourth-order valence-corrected chi connectivity index (χ4v) is 3.24. The number of likely N-dealkylation sites (N-methyl/N-ethyl adjacent to an activating group) is 1. The molecule has 1 aliphatic rings. The molecule has 0 spiro atoms. The Labute approximate surface area is 173 Å². The molecule has 2 aromatic rings. The molecule has 1 aromatic carbocycles. The second-order valence-corrected chi connectivity index (χ2v) is 7.99. The van der Waals surface area contributed by atoms with Crippen molar-refractivity contribution < 1.29 is 4.79 Å². The van der Waals surface area contributed by atoms with Gasteiger partial charge in [-0.2, -0.15) is 5.10 Å². The van der Waals surface area contributed by atoms with E-state index < -0.39 is 0 Å². The summed E-state index contributed by atoms with van der Waals surface area (Å²) < 4.78 is 2.99. The molecule has 28 heavy (non-hydrogen) atoms. The number of nitrogens with one attached hydrogen (secondary N) is 2. The van der Waals surface area contributed by atoms with Crippen LogP contribution < -0.4 is 10.6 Å². The molecule has 1 amide bonds. The maximum absolute atomic E-state index is 12.0. The van der Waals surface area contributed by atoms with Gasteiger partial charge < -0.3 is 15.5 Å². The molecule has 150 valence electrons. The van der Waals surface area contributed by atoms with Gasteiger partial charge in [-0.15, -0.1) is 0 Å². The van der Waals surface area contributed by atoms with Gasteiger partial charge in [0.1, 0.15) is 11.6 Å². The van der Waals surface area contributed by atoms with E-state index in [4.69, 9.17) is 0 Å². The smallest absolute Gasteiger partial charge is 0.241 e. The van der Waals surface area contributed by atoms with Crippen LogP contribution in [0.1, 0.15) is 23.6 Å². The Balaban J connectivity index is 1.67. The van der Waals surface area contributed by atoms with E-state index in [-0.39, 0.29) is 18.5 Å². The topological polar surface area (TPSA) is 87.4 Å². The number of guanidine groups is 1. The highest BCUT2D eigenvalue weighted by Gasteiger charge is 2.22. The molecule has 2 heterocycles. The lowest BCUT2D eigenvalue weighted by Gasteiger charge is -2.25. The SMILES string of the molecule is Cc1nc2n(n1)CC(NC(=NCc1ccc(Br)cc1)NCC(=O)N(C)C)CC2. The molecule has 0 aliphatic carbocycles. The van der Waals surface area contributed by atoms with Crippen LogP contribution in [0.5, 0.6) is 0 Å². The van der Waals surface area contributed by atoms with Crippen LogP contribution in [0.4, 0.5) is 0 Å². The van der Waals surface area contributed by atoms with Crippen molar-refractivity contribution in [2.75, 3.05) is 20.6 Å². The Bertz CT molecular complexity index is 844. The molecule has 1 aliphatic heterocycles. The molecule has 1 aromatic heterocycles. The second-order valence-electron chi connectivity index (χ2n) is 7.07. The third-order valence-corrected chi connectivity index (χ3v) is 5.07. The number of aromatic nitrogens is 3. The van der Waals surface area contributed by atoms with Gasteiger partial charge in [0.25, 0.3) is 0 Å². The van der Waals surface area contributed by atoms with E-state index in [0.717, 1.165) is 41.1 Å². The number of benzene rings is 1. The van der Waals surface area contributed by atoms with Crippen molar-refractivity contribution in [3.63, 3.8) is 0 Å². The van der Waals surface area contributed by atoms with Crippen LogP contribution >= 0.6 is 15.9 Å². The first-order chi connectivity index (χ1) is 13.4. The van der Waals surface area contributed by atoms with Crippen molar-refractivity contribution in [2.45, 2.75) is 38.9 Å². The molecule has 0 radical (unpaired) electrons. The lowest BCUT2D eigenvalue weighted by atomic mass is 10.1. The van der Waals surface area contributed by atoms with Gasteiger partial charge in [-0.1, -0.05) is 28.1 Å². The number of carbonyl (C=O) groups is 1. The van der Waals surface area contributed by atoms with Crippen LogP contribution in [0.15, 0.2) is 33.7 Å². The Kier molecular flexibility index (Phi) is 6.66. The Morgan fingerprint density at radius 3 is 2.82 bits per heavy atom. The molecule has 9 heteroatoms. The zero-order valence-electron chi connectivity index (χ0n) is 16.4. The largest absolute Gasteiger partial charge is 0.352 e. The van der Waals surface area contributed by atoms with Gasteiger partial charge in [0, 0.05) is 31.0 Å². The minimum atomic E-state index is -0.00373. The number of rotatable bonds is 5. The minimum absolute atomic E-state index is 0.00373. The molecule has 0 fully saturated rings. The van der Waals surface area contributed by atoms with E-state index in [2.05, 4.69) is 41.6 Å². The van der Waals surface area contributed by atoms with Gasteiger partial charge in [0.2, 0.25) is 5.91 Å². The highest BCUT2D eigenvalue weighted by Crippen LogP contribution is 2.13. The van der Waals surface area contributed by atoms with Crippen LogP contribution in [-0.2, 0) is 24.3 Å². The van der Waals surface area contributed by atoms with Gasteiger partial charge in [-0.05, 0) is 31.0 Å². The lowest BCUT2D eigenvalue weighted by Crippen LogP contribution is -2.49. The maximum Gasteiger partial charge on any atom is 0.241 e. The quantitative estimate of drug-likeness (QED) is 0.535. The fourth-order valence-electron chi connectivity index (χ4n) is 2.98. The maximum atomic E-state index is 12.0. The number of carbonyl (C=O) groups excluding carboxylic acids is 1. The Morgan fingerprint density at radius 2 is 2.11 bits per heavy atom. The summed E-state index contributed by atoms with van der Waals surface area (Å²) in [6.07, 6.45) is 1.81. The zero-order valence-corrected chi connectivity index (χ0v) is 18.0. The summed E-state index contributed by atoms with van der Waals surface area (Å²) in [5.74, 6) is 2.45. The summed E-state index contributed by atoms with van der Waals surface area (Å²) in [5.41, 5.74) is 1.10. The number of hydrogen-bond donors (Lipinski definition) is 2. The van der Waals surface area contributed by atoms with Crippen molar-refractivity contribution in [1.82, 2.24) is 30.3 Å². The average Bonchev–Trinajstić information content (AvgIpc) is 3.04. The standard InChI is InChI=1S/C19H26BrN7O/c1-13-23-17-9-8-16(12-27(17)25-13)24-19(22-11-18(28)26(2)3)21-10-14-4-6-15(20)7-5-14/h4-7,16H,8-12H2,1-3H3,(H2,21,22,24). The van der Waals surface area contributed by atoms with Gasteiger partial charge in [0.05, 0.1) is 19.6 Å². The number of amides is 1. The van der Waals surface area contributed by atoms with Crippen LogP contribution in [0.2, 0.25) is 0 Å². The number of aliphatic imine (C=N–C) groups is 1. The van der Waals surface area contributed by atoms with E-state index in [1.54, 1.807) is 19.0 Å². The molecule has 1 unspecified atom stereocenters. The monoisotopic (exact) mass is 447 g/mol. The third kappa shape index (κ3) is 5.54. The van der Waals surface area contributed by atoms with Crippen molar-refractivity contribution >= 4 is 27.8 Å². The number of fused-ring (bicyclic) bond motifs is 1. The molecule has 0 saturated heterocycles. The van der Waals surface area contributed by atoms with Crippen LogP contribution in [0, 0.1) is 6.92 Å². The number of aryl methyl sites for hydroxylation is 2. The van der Waals surface area contributed by atoms with Gasteiger partial charge in [0.15, 0.2) is 5.96 Å². The van der Waals surface area contributed by atoms with Crippen LogP contribution in [-0.4, -0.2) is 58.2 Å². The molecule has 0 bridgehead atoms. The molecule has 8 nitrogen and oxygen atoms in total. The summed E-state index contributed by atoms with van der Waals surface area (Å²) in [6.45, 7) is 3.36. The second kappa shape index (κ2) is 9.18. The summed E-state index contributed by atoms with van der Waals surface area (Å²) in [4.78, 5) is 22.7. The normalized spacial score (nSPS) is 16.4. The summed E-state index contributed by atoms with van der Waals surface area (Å²) in [7, 11) is 3.48. The Morgan fingerprint density at radius 1 is 1.36 bits per heavy atom. The van der Waals surface area contributed by atoms with Gasteiger partial charge in [-0.25, -0.2) is 14.7 Å². The minimum Gasteiger partial charge on any atom is -0.352 e. The summed E-state index contributed by atoms with van der Waals surface area (Å²) in [6, 6.07) is 8.23. The Hall–Kier alpha value is -2.42. The van der Waals surface area contributed by atoms with Gasteiger partial charge in [-0.3, -0.25) is 4.79 Å². The predicted octanol–water partition coefficient (Wildman–Crippen LogP) is 1.49. The summed E-state index contributed by atoms with van der Waals surface area (Å²) >= 11 is 3.44. The third-order valence-electron chi connectivity index (χ3n) is 4.54. The molecule has 2 N–H and O–H groups in total. The molecule has 1 atom stereocenters. The molecule has 3 rings (SSSR count). The van der Waals surface area contributed by atoms with E-state index in [9.17, 15) is 4.79 Å². The van der Waals surface area contributed by atoms with E-state index in [1.807, 2.05) is 35.9 Å². The number of nitrogens with zero attached hydrogens (tertiary/aromatic N) is 5. The number of hydrogen-bond acceptors (Lipinski definition) is 4. The van der Waals surface area contributed by atoms with Gasteiger partial charge >= 0.3 is 0 Å². The molecular formula is C19H26BrN7O. The lowest BCUT2D eigenvalue weighted by molar-refractivity contribution is -0.127. The van der Waals surface area contributed by atoms with Crippen LogP contribution in [0.3, 0.4) is 0 Å². The average molecular weight is 448 g/mol. The zero-order chi connectivity index (χ0) is 20.1. The molecule has 0 saturated carbocycles. The first-order valence-corrected chi connectivity index (χ1v) is 10.1. The van der Waals surface area contributed by atoms with Crippen molar-refractivity contribution in [2.24, 2.45) is 4.99 Å². The highest BCUT2D eigenvalue weighted by molar-refractivity contribution is 9.10. The fraction of sp³-hybridized carbons (Fsp3) is 0.474.